The Morgan fingerprint density at radius 3 is 2.40 bits per heavy atom. The van der Waals surface area contributed by atoms with Gasteiger partial charge in [0, 0.05) is 18.2 Å². The molecule has 1 rings (SSSR count). The standard InChI is InChI=1S/C8H17NO/c1-8(2,3)9-7-4-6(7)5-10/h6-7,9-10H,4-5H2,1-3H3. The molecule has 1 aliphatic carbocycles. The van der Waals surface area contributed by atoms with Gasteiger partial charge in [-0.15, -0.1) is 0 Å². The third-order valence-corrected chi connectivity index (χ3v) is 1.78. The van der Waals surface area contributed by atoms with Crippen LogP contribution >= 0.6 is 0 Å². The van der Waals surface area contributed by atoms with Crippen molar-refractivity contribution in [3.63, 3.8) is 0 Å². The highest BCUT2D eigenvalue weighted by Gasteiger charge is 2.38. The van der Waals surface area contributed by atoms with Gasteiger partial charge in [-0.25, -0.2) is 0 Å². The van der Waals surface area contributed by atoms with Crippen molar-refractivity contribution in [3.8, 4) is 0 Å². The molecule has 1 fully saturated rings. The molecule has 0 heterocycles. The molecule has 0 radical (unpaired) electrons. The van der Waals surface area contributed by atoms with Crippen LogP contribution in [0, 0.1) is 5.92 Å². The zero-order valence-electron chi connectivity index (χ0n) is 7.02. The van der Waals surface area contributed by atoms with Crippen LogP contribution in [0.2, 0.25) is 0 Å². The number of hydrogen-bond acceptors (Lipinski definition) is 2. The summed E-state index contributed by atoms with van der Waals surface area (Å²) in [6.07, 6.45) is 1.15. The molecule has 10 heavy (non-hydrogen) atoms. The van der Waals surface area contributed by atoms with Crippen LogP contribution in [0.25, 0.3) is 0 Å². The van der Waals surface area contributed by atoms with Gasteiger partial charge in [0.1, 0.15) is 0 Å². The van der Waals surface area contributed by atoms with Crippen molar-refractivity contribution in [2.24, 2.45) is 5.92 Å². The summed E-state index contributed by atoms with van der Waals surface area (Å²) in [5, 5.41) is 12.2. The molecule has 0 spiro atoms. The lowest BCUT2D eigenvalue weighted by molar-refractivity contribution is 0.265. The molecule has 0 amide bonds. The minimum absolute atomic E-state index is 0.203. The Bertz CT molecular complexity index is 117. The second-order valence-electron chi connectivity index (χ2n) is 4.18. The first-order chi connectivity index (χ1) is 4.53. The second kappa shape index (κ2) is 2.51. The SMILES string of the molecule is CC(C)(C)NC1CC1CO. The molecule has 0 aromatic rings. The average Bonchev–Trinajstić information content (AvgIpc) is 2.42. The highest BCUT2D eigenvalue weighted by Crippen LogP contribution is 2.30. The molecule has 0 aliphatic heterocycles. The van der Waals surface area contributed by atoms with Crippen LogP contribution in [0.4, 0.5) is 0 Å². The van der Waals surface area contributed by atoms with E-state index >= 15 is 0 Å². The highest BCUT2D eigenvalue weighted by molar-refractivity contribution is 4.95. The number of rotatable bonds is 2. The normalized spacial score (nSPS) is 32.4. The number of aliphatic hydroxyl groups is 1. The predicted molar refractivity (Wildman–Crippen MR) is 41.9 cm³/mol. The Hall–Kier alpha value is -0.0800. The third kappa shape index (κ3) is 2.27. The first-order valence-electron chi connectivity index (χ1n) is 3.91. The van der Waals surface area contributed by atoms with Gasteiger partial charge in [-0.3, -0.25) is 0 Å². The van der Waals surface area contributed by atoms with Gasteiger partial charge in [-0.2, -0.15) is 0 Å². The Balaban J connectivity index is 2.18. The van der Waals surface area contributed by atoms with E-state index in [4.69, 9.17) is 5.11 Å². The molecular weight excluding hydrogens is 126 g/mol. The van der Waals surface area contributed by atoms with E-state index in [-0.39, 0.29) is 5.54 Å². The Kier molecular flexibility index (Phi) is 2.02. The minimum atomic E-state index is 0.203. The molecule has 0 aromatic heterocycles. The van der Waals surface area contributed by atoms with Gasteiger partial charge in [0.15, 0.2) is 0 Å². The van der Waals surface area contributed by atoms with Gasteiger partial charge in [-0.1, -0.05) is 0 Å². The van der Waals surface area contributed by atoms with E-state index in [0.29, 0.717) is 18.6 Å². The largest absolute Gasteiger partial charge is 0.396 e. The van der Waals surface area contributed by atoms with Crippen LogP contribution in [-0.2, 0) is 0 Å². The monoisotopic (exact) mass is 143 g/mol. The molecule has 60 valence electrons. The van der Waals surface area contributed by atoms with Crippen LogP contribution < -0.4 is 5.32 Å². The van der Waals surface area contributed by atoms with Crippen LogP contribution in [-0.4, -0.2) is 23.3 Å². The number of aliphatic hydroxyl groups excluding tert-OH is 1. The third-order valence-electron chi connectivity index (χ3n) is 1.78. The lowest BCUT2D eigenvalue weighted by atomic mass is 10.1. The van der Waals surface area contributed by atoms with Crippen molar-refractivity contribution in [1.82, 2.24) is 5.32 Å². The van der Waals surface area contributed by atoms with Crippen LogP contribution in [0.1, 0.15) is 27.2 Å². The van der Waals surface area contributed by atoms with Gasteiger partial charge in [-0.05, 0) is 33.1 Å². The maximum Gasteiger partial charge on any atom is 0.0474 e. The van der Waals surface area contributed by atoms with Gasteiger partial charge >= 0.3 is 0 Å². The van der Waals surface area contributed by atoms with Crippen molar-refractivity contribution >= 4 is 0 Å². The Labute approximate surface area is 62.6 Å². The highest BCUT2D eigenvalue weighted by atomic mass is 16.3. The summed E-state index contributed by atoms with van der Waals surface area (Å²) in [4.78, 5) is 0. The van der Waals surface area contributed by atoms with E-state index in [9.17, 15) is 0 Å². The van der Waals surface area contributed by atoms with Gasteiger partial charge in [0.25, 0.3) is 0 Å². The molecule has 0 bridgehead atoms. The van der Waals surface area contributed by atoms with Gasteiger partial charge in [0.05, 0.1) is 0 Å². The number of hydrogen-bond donors (Lipinski definition) is 2. The van der Waals surface area contributed by atoms with Crippen molar-refractivity contribution in [2.45, 2.75) is 38.8 Å². The molecule has 0 aromatic carbocycles. The fraction of sp³-hybridized carbons (Fsp3) is 1.00. The molecule has 1 saturated carbocycles. The molecular formula is C8H17NO. The lowest BCUT2D eigenvalue weighted by Crippen LogP contribution is -2.38. The van der Waals surface area contributed by atoms with Crippen molar-refractivity contribution in [2.75, 3.05) is 6.61 Å². The molecule has 1 aliphatic rings. The smallest absolute Gasteiger partial charge is 0.0474 e. The zero-order valence-corrected chi connectivity index (χ0v) is 7.02. The van der Waals surface area contributed by atoms with Gasteiger partial charge in [0.2, 0.25) is 0 Å². The van der Waals surface area contributed by atoms with Crippen molar-refractivity contribution in [1.29, 1.82) is 0 Å². The van der Waals surface area contributed by atoms with E-state index in [1.807, 2.05) is 0 Å². The summed E-state index contributed by atoms with van der Waals surface area (Å²) in [5.41, 5.74) is 0.203. The summed E-state index contributed by atoms with van der Waals surface area (Å²) >= 11 is 0. The first-order valence-corrected chi connectivity index (χ1v) is 3.91. The van der Waals surface area contributed by atoms with Crippen molar-refractivity contribution in [3.05, 3.63) is 0 Å². The fourth-order valence-electron chi connectivity index (χ4n) is 1.18. The molecule has 2 nitrogen and oxygen atoms in total. The predicted octanol–water partition coefficient (Wildman–Crippen LogP) is 0.755. The quantitative estimate of drug-likeness (QED) is 0.598. The topological polar surface area (TPSA) is 32.3 Å². The Morgan fingerprint density at radius 2 is 2.10 bits per heavy atom. The van der Waals surface area contributed by atoms with E-state index in [1.54, 1.807) is 0 Å². The number of nitrogens with one attached hydrogen (secondary N) is 1. The minimum Gasteiger partial charge on any atom is -0.396 e. The maximum absolute atomic E-state index is 8.73. The molecule has 2 heteroatoms. The Morgan fingerprint density at radius 1 is 1.50 bits per heavy atom. The van der Waals surface area contributed by atoms with E-state index in [1.165, 1.54) is 0 Å². The summed E-state index contributed by atoms with van der Waals surface area (Å²) in [5.74, 6) is 0.527. The fourth-order valence-corrected chi connectivity index (χ4v) is 1.18. The summed E-state index contributed by atoms with van der Waals surface area (Å²) < 4.78 is 0. The first kappa shape index (κ1) is 8.02. The van der Waals surface area contributed by atoms with E-state index < -0.39 is 0 Å². The lowest BCUT2D eigenvalue weighted by Gasteiger charge is -2.20. The van der Waals surface area contributed by atoms with Crippen molar-refractivity contribution < 1.29 is 5.11 Å². The zero-order chi connectivity index (χ0) is 7.78. The molecule has 0 saturated heterocycles. The summed E-state index contributed by atoms with van der Waals surface area (Å²) in [7, 11) is 0. The molecule has 2 unspecified atom stereocenters. The van der Waals surface area contributed by atoms with Crippen LogP contribution in [0.15, 0.2) is 0 Å². The van der Waals surface area contributed by atoms with Crippen LogP contribution in [0.5, 0.6) is 0 Å². The summed E-state index contributed by atoms with van der Waals surface area (Å²) in [6.45, 7) is 6.80. The maximum atomic E-state index is 8.73. The van der Waals surface area contributed by atoms with E-state index in [0.717, 1.165) is 6.42 Å². The van der Waals surface area contributed by atoms with Crippen LogP contribution in [0.3, 0.4) is 0 Å². The molecule has 2 N–H and O–H groups in total. The second-order valence-corrected chi connectivity index (χ2v) is 4.18. The van der Waals surface area contributed by atoms with E-state index in [2.05, 4.69) is 26.1 Å². The average molecular weight is 143 g/mol. The summed E-state index contributed by atoms with van der Waals surface area (Å²) in [6, 6.07) is 0.574. The molecule has 2 atom stereocenters. The van der Waals surface area contributed by atoms with Gasteiger partial charge < -0.3 is 10.4 Å².